The van der Waals surface area contributed by atoms with Crippen molar-refractivity contribution < 1.29 is 27.1 Å². The Morgan fingerprint density at radius 1 is 1.12 bits per heavy atom. The van der Waals surface area contributed by atoms with Gasteiger partial charge in [-0.15, -0.1) is 0 Å². The molecule has 42 heavy (non-hydrogen) atoms. The minimum atomic E-state index is -3.62. The van der Waals surface area contributed by atoms with Crippen molar-refractivity contribution in [3.05, 3.63) is 58.8 Å². The van der Waals surface area contributed by atoms with E-state index >= 15 is 0 Å². The summed E-state index contributed by atoms with van der Waals surface area (Å²) in [6.45, 7) is 2.08. The average Bonchev–Trinajstić information content (AvgIpc) is 2.95. The van der Waals surface area contributed by atoms with Crippen molar-refractivity contribution in [3.63, 3.8) is 0 Å². The number of aliphatic hydroxyl groups is 1. The third-order valence-electron chi connectivity index (χ3n) is 8.36. The highest BCUT2D eigenvalue weighted by Gasteiger charge is 2.40. The fraction of sp³-hybridized carbons (Fsp3) is 0.548. The van der Waals surface area contributed by atoms with Crippen LogP contribution in [0.3, 0.4) is 0 Å². The third kappa shape index (κ3) is 8.35. The minimum absolute atomic E-state index is 0.0463. The Morgan fingerprint density at radius 3 is 2.52 bits per heavy atom. The normalized spacial score (nSPS) is 16.9. The molecule has 0 unspecified atom stereocenters. The molecule has 3 N–H and O–H groups in total. The second kappa shape index (κ2) is 14.5. The maximum Gasteiger partial charge on any atom is 0.258 e. The van der Waals surface area contributed by atoms with Crippen LogP contribution in [0.5, 0.6) is 0 Å². The van der Waals surface area contributed by atoms with Crippen molar-refractivity contribution in [1.82, 2.24) is 9.71 Å². The number of benzene rings is 1. The molecular weight excluding hydrogens is 562 g/mol. The number of amides is 1. The van der Waals surface area contributed by atoms with Crippen molar-refractivity contribution in [2.24, 2.45) is 5.41 Å². The van der Waals surface area contributed by atoms with E-state index in [0.717, 1.165) is 42.8 Å². The highest BCUT2D eigenvalue weighted by Crippen LogP contribution is 2.49. The highest BCUT2D eigenvalue weighted by atomic mass is 32.2. The molecule has 1 aromatic carbocycles. The molecule has 1 aromatic heterocycles. The number of aryl methyl sites for hydroxylation is 1. The molecule has 2 heterocycles. The molecular formula is C31H42F2N4O4S. The Balaban J connectivity index is 1.59. The zero-order valence-electron chi connectivity index (χ0n) is 24.3. The largest absolute Gasteiger partial charge is 0.395 e. The van der Waals surface area contributed by atoms with Crippen molar-refractivity contribution in [2.45, 2.75) is 64.8 Å². The van der Waals surface area contributed by atoms with Crippen LogP contribution >= 0.6 is 0 Å². The van der Waals surface area contributed by atoms with E-state index in [-0.39, 0.29) is 24.6 Å². The van der Waals surface area contributed by atoms with Gasteiger partial charge in [0.15, 0.2) is 0 Å². The van der Waals surface area contributed by atoms with Crippen molar-refractivity contribution in [3.8, 4) is 0 Å². The molecule has 1 aliphatic heterocycles. The Bertz CT molecular complexity index is 1370. The third-order valence-corrected chi connectivity index (χ3v) is 9.67. The van der Waals surface area contributed by atoms with Gasteiger partial charge in [0.1, 0.15) is 5.82 Å². The minimum Gasteiger partial charge on any atom is -0.395 e. The van der Waals surface area contributed by atoms with Crippen molar-refractivity contribution in [1.29, 1.82) is 0 Å². The van der Waals surface area contributed by atoms with Crippen LogP contribution in [-0.2, 0) is 16.6 Å². The van der Waals surface area contributed by atoms with E-state index in [1.54, 1.807) is 24.3 Å². The summed E-state index contributed by atoms with van der Waals surface area (Å²) >= 11 is 0. The van der Waals surface area contributed by atoms with Crippen LogP contribution in [0.2, 0.25) is 0 Å². The molecule has 1 saturated heterocycles. The van der Waals surface area contributed by atoms with E-state index in [4.69, 9.17) is 5.11 Å². The first kappa shape index (κ1) is 32.0. The number of halogens is 2. The Labute approximate surface area is 247 Å². The predicted molar refractivity (Wildman–Crippen MR) is 163 cm³/mol. The summed E-state index contributed by atoms with van der Waals surface area (Å²) in [6, 6.07) is 8.90. The Morgan fingerprint density at radius 2 is 1.88 bits per heavy atom. The van der Waals surface area contributed by atoms with Crippen LogP contribution in [0.4, 0.5) is 20.3 Å². The van der Waals surface area contributed by atoms with E-state index < -0.39 is 30.0 Å². The molecule has 0 radical (unpaired) electrons. The fourth-order valence-electron chi connectivity index (χ4n) is 5.83. The Hall–Kier alpha value is -2.89. The number of rotatable bonds is 14. The van der Waals surface area contributed by atoms with E-state index in [9.17, 15) is 22.0 Å². The summed E-state index contributed by atoms with van der Waals surface area (Å²) < 4.78 is 52.5. The summed E-state index contributed by atoms with van der Waals surface area (Å²) in [5.74, 6) is -0.373. The quantitative estimate of drug-likeness (QED) is 0.269. The van der Waals surface area contributed by atoms with Gasteiger partial charge in [0.25, 0.3) is 5.91 Å². The number of carbonyl (C=O) groups excluding carboxylic acids is 1. The predicted octanol–water partition coefficient (Wildman–Crippen LogP) is 5.32. The number of piperidine rings is 1. The van der Waals surface area contributed by atoms with Gasteiger partial charge < -0.3 is 15.3 Å². The number of allylic oxidation sites excluding steroid dienone is 2. The Kier molecular flexibility index (Phi) is 11.1. The van der Waals surface area contributed by atoms with Gasteiger partial charge in [-0.2, -0.15) is 0 Å². The van der Waals surface area contributed by atoms with Crippen LogP contribution in [0.15, 0.2) is 36.4 Å². The molecule has 230 valence electrons. The van der Waals surface area contributed by atoms with E-state index in [0.29, 0.717) is 40.9 Å². The lowest BCUT2D eigenvalue weighted by Crippen LogP contribution is -2.44. The number of nitrogens with one attached hydrogen (secondary N) is 2. The van der Waals surface area contributed by atoms with Crippen LogP contribution < -0.4 is 14.9 Å². The molecule has 8 nitrogen and oxygen atoms in total. The van der Waals surface area contributed by atoms with Gasteiger partial charge in [-0.25, -0.2) is 18.1 Å². The van der Waals surface area contributed by atoms with Crippen LogP contribution in [-0.4, -0.2) is 63.2 Å². The molecule has 1 spiro atoms. The first-order valence-corrected chi connectivity index (χ1v) is 16.4. The van der Waals surface area contributed by atoms with Gasteiger partial charge in [0, 0.05) is 25.3 Å². The van der Waals surface area contributed by atoms with Crippen molar-refractivity contribution >= 4 is 33.0 Å². The molecule has 11 heteroatoms. The molecule has 1 amide bonds. The molecule has 1 aliphatic carbocycles. The topological polar surface area (TPSA) is 112 Å². The fourth-order valence-corrected chi connectivity index (χ4v) is 6.60. The summed E-state index contributed by atoms with van der Waals surface area (Å²) in [5.41, 5.74) is 4.49. The number of carbonyl (C=O) groups is 1. The number of sulfonamides is 1. The summed E-state index contributed by atoms with van der Waals surface area (Å²) in [7, 11) is -3.62. The van der Waals surface area contributed by atoms with E-state index in [1.165, 1.54) is 19.3 Å². The highest BCUT2D eigenvalue weighted by molar-refractivity contribution is 7.89. The maximum absolute atomic E-state index is 13.7. The molecule has 0 atom stereocenters. The summed E-state index contributed by atoms with van der Waals surface area (Å²) in [5, 5.41) is 12.0. The first-order valence-electron chi connectivity index (χ1n) is 14.7. The molecule has 4 rings (SSSR count). The zero-order chi connectivity index (χ0) is 30.2. The summed E-state index contributed by atoms with van der Waals surface area (Å²) in [6.07, 6.45) is 8.53. The second-order valence-electron chi connectivity index (χ2n) is 11.4. The first-order chi connectivity index (χ1) is 20.2. The molecule has 2 aromatic rings. The lowest BCUT2D eigenvalue weighted by atomic mass is 9.63. The SMILES string of the molecule is Cc1cc(NC(=O)c2ccc(CNS(=O)(=O)CCO)cc2N2CCC3(CCC3)CC2)nc(/C(=C/CCF)CCCF)c1. The van der Waals surface area contributed by atoms with Gasteiger partial charge in [-0.1, -0.05) is 18.6 Å². The van der Waals surface area contributed by atoms with Gasteiger partial charge in [0.2, 0.25) is 10.0 Å². The number of nitrogens with zero attached hydrogens (tertiary/aromatic N) is 2. The smallest absolute Gasteiger partial charge is 0.258 e. The lowest BCUT2D eigenvalue weighted by molar-refractivity contribution is 0.0952. The second-order valence-corrected chi connectivity index (χ2v) is 13.4. The number of hydrogen-bond acceptors (Lipinski definition) is 6. The lowest BCUT2D eigenvalue weighted by Gasteiger charge is -2.48. The number of anilines is 2. The molecule has 1 saturated carbocycles. The van der Waals surface area contributed by atoms with Gasteiger partial charge in [0.05, 0.1) is 37.0 Å². The van der Waals surface area contributed by atoms with Crippen LogP contribution in [0, 0.1) is 12.3 Å². The zero-order valence-corrected chi connectivity index (χ0v) is 25.1. The van der Waals surface area contributed by atoms with Gasteiger partial charge in [-0.05, 0) is 98.2 Å². The average molecular weight is 605 g/mol. The molecule has 2 aliphatic rings. The number of alkyl halides is 2. The number of aliphatic hydroxyl groups excluding tert-OH is 1. The van der Waals surface area contributed by atoms with Crippen LogP contribution in [0.25, 0.3) is 5.57 Å². The number of hydrogen-bond donors (Lipinski definition) is 3. The van der Waals surface area contributed by atoms with Crippen LogP contribution in [0.1, 0.15) is 78.5 Å². The van der Waals surface area contributed by atoms with E-state index in [2.05, 4.69) is 19.9 Å². The van der Waals surface area contributed by atoms with Gasteiger partial charge in [-0.3, -0.25) is 13.6 Å². The standard InChI is InChI=1S/C31H42F2N4O4S/c1-23-19-27(25(5-2-13-32)6-3-14-33)35-29(20-23)36-30(39)26-8-7-24(22-34-42(40,41)18-17-38)21-28(26)37-15-11-31(12-16-37)9-4-10-31/h5,7-8,19-21,34,38H,2-4,6,9-18,22H2,1H3,(H,35,36,39)/b25-5+. The van der Waals surface area contributed by atoms with Crippen molar-refractivity contribution in [2.75, 3.05) is 49.0 Å². The monoisotopic (exact) mass is 604 g/mol. The maximum atomic E-state index is 13.7. The molecule has 0 bridgehead atoms. The van der Waals surface area contributed by atoms with Gasteiger partial charge >= 0.3 is 0 Å². The number of aromatic nitrogens is 1. The van der Waals surface area contributed by atoms with E-state index in [1.807, 2.05) is 19.1 Å². The molecule has 2 fully saturated rings. The number of pyridine rings is 1. The summed E-state index contributed by atoms with van der Waals surface area (Å²) in [4.78, 5) is 20.5.